The Morgan fingerprint density at radius 2 is 1.27 bits per heavy atom. The minimum atomic E-state index is -0.446. The number of carbonyl (C=O) groups is 2. The fourth-order valence-corrected chi connectivity index (χ4v) is 4.69. The molecule has 2 aliphatic heterocycles. The van der Waals surface area contributed by atoms with Gasteiger partial charge in [0.25, 0.3) is 5.69 Å². The average molecular weight is 449 g/mol. The number of hydrogen-bond acceptors (Lipinski definition) is 9. The Balaban J connectivity index is 0.000000172. The smallest absolute Gasteiger partial charge is 0.319 e. The molecule has 2 heterocycles. The third-order valence-electron chi connectivity index (χ3n) is 4.26. The van der Waals surface area contributed by atoms with Crippen molar-refractivity contribution in [3.63, 3.8) is 0 Å². The summed E-state index contributed by atoms with van der Waals surface area (Å²) in [7, 11) is 0. The van der Waals surface area contributed by atoms with Crippen LogP contribution in [0, 0.1) is 10.1 Å². The number of hydrogen-bond donors (Lipinski definition) is 1. The summed E-state index contributed by atoms with van der Waals surface area (Å²) in [4.78, 5) is 34.3. The topological polar surface area (TPSA) is 122 Å². The number of benzene rings is 2. The van der Waals surface area contributed by atoms with E-state index < -0.39 is 4.92 Å². The number of nitrogen functional groups attached to an aromatic ring is 1. The fourth-order valence-electron chi connectivity index (χ4n) is 2.69. The van der Waals surface area contributed by atoms with E-state index >= 15 is 0 Å². The number of esters is 2. The lowest BCUT2D eigenvalue weighted by atomic mass is 10.3. The molecule has 0 radical (unpaired) electrons. The number of rotatable bonds is 5. The molecule has 30 heavy (non-hydrogen) atoms. The van der Waals surface area contributed by atoms with Crippen LogP contribution in [0.4, 0.5) is 11.4 Å². The third kappa shape index (κ3) is 6.14. The summed E-state index contributed by atoms with van der Waals surface area (Å²) in [6, 6.07) is 13.7. The first-order valence-corrected chi connectivity index (χ1v) is 10.9. The molecule has 2 aromatic rings. The van der Waals surface area contributed by atoms with E-state index in [2.05, 4.69) is 0 Å². The fraction of sp³-hybridized carbons (Fsp3) is 0.300. The number of thioether (sulfide) groups is 2. The number of nitro benzene ring substituents is 1. The van der Waals surface area contributed by atoms with E-state index in [1.807, 2.05) is 24.3 Å². The molecule has 8 nitrogen and oxygen atoms in total. The number of non-ortho nitro benzene ring substituents is 1. The minimum absolute atomic E-state index is 0.0429. The lowest BCUT2D eigenvalue weighted by molar-refractivity contribution is -0.384. The molecular weight excluding hydrogens is 428 g/mol. The Morgan fingerprint density at radius 1 is 0.833 bits per heavy atom. The van der Waals surface area contributed by atoms with Gasteiger partial charge in [0.05, 0.1) is 18.1 Å². The van der Waals surface area contributed by atoms with Crippen molar-refractivity contribution in [2.24, 2.45) is 0 Å². The number of anilines is 1. The number of carbonyl (C=O) groups excluding carboxylic acids is 2. The van der Waals surface area contributed by atoms with Crippen molar-refractivity contribution in [2.75, 3.05) is 18.9 Å². The van der Waals surface area contributed by atoms with Crippen LogP contribution in [0.1, 0.15) is 12.8 Å². The summed E-state index contributed by atoms with van der Waals surface area (Å²) in [6.07, 6.45) is 1.49. The molecule has 2 atom stereocenters. The molecule has 0 aliphatic carbocycles. The van der Waals surface area contributed by atoms with Crippen LogP contribution in [-0.2, 0) is 19.1 Å². The Bertz CT molecular complexity index is 905. The second-order valence-corrected chi connectivity index (χ2v) is 9.00. The summed E-state index contributed by atoms with van der Waals surface area (Å²) in [6.45, 7) is 1.01. The van der Waals surface area contributed by atoms with Crippen molar-refractivity contribution in [1.82, 2.24) is 0 Å². The largest absolute Gasteiger partial charge is 0.465 e. The van der Waals surface area contributed by atoms with Gasteiger partial charge in [-0.05, 0) is 36.4 Å². The first-order valence-electron chi connectivity index (χ1n) is 9.19. The van der Waals surface area contributed by atoms with Crippen molar-refractivity contribution in [2.45, 2.75) is 33.1 Å². The normalized spacial score (nSPS) is 20.1. The standard InChI is InChI=1S/C10H9NO4S.C10H11NO2S/c12-10-9(5-6-15-10)16-8-3-1-7(2-4-8)11(13)14;11-7-1-3-8(4-2-7)14-9-5-6-13-10(9)12/h1-4,9H,5-6H2;1-4,9H,5-6,11H2. The lowest BCUT2D eigenvalue weighted by Crippen LogP contribution is -2.08. The molecule has 4 rings (SSSR count). The van der Waals surface area contributed by atoms with Crippen molar-refractivity contribution in [1.29, 1.82) is 0 Å². The van der Waals surface area contributed by atoms with Crippen LogP contribution in [0.5, 0.6) is 0 Å². The zero-order chi connectivity index (χ0) is 21.5. The van der Waals surface area contributed by atoms with Crippen molar-refractivity contribution < 1.29 is 24.0 Å². The van der Waals surface area contributed by atoms with Gasteiger partial charge in [-0.3, -0.25) is 19.7 Å². The maximum atomic E-state index is 11.2. The summed E-state index contributed by atoms with van der Waals surface area (Å²) in [5, 5.41) is 10.2. The molecule has 0 saturated carbocycles. The number of cyclic esters (lactones) is 2. The molecule has 158 valence electrons. The highest BCUT2D eigenvalue weighted by Gasteiger charge is 2.28. The number of nitrogens with two attached hydrogens (primary N) is 1. The first kappa shape index (κ1) is 22.0. The summed E-state index contributed by atoms with van der Waals surface area (Å²) >= 11 is 2.92. The van der Waals surface area contributed by atoms with Crippen LogP contribution in [0.25, 0.3) is 0 Å². The van der Waals surface area contributed by atoms with Gasteiger partial charge in [-0.15, -0.1) is 23.5 Å². The van der Waals surface area contributed by atoms with Gasteiger partial charge in [0.2, 0.25) is 0 Å². The van der Waals surface area contributed by atoms with Gasteiger partial charge in [-0.1, -0.05) is 0 Å². The summed E-state index contributed by atoms with van der Waals surface area (Å²) < 4.78 is 9.71. The van der Waals surface area contributed by atoms with Crippen LogP contribution in [0.15, 0.2) is 58.3 Å². The quantitative estimate of drug-likeness (QED) is 0.316. The maximum Gasteiger partial charge on any atom is 0.319 e. The first-order chi connectivity index (χ1) is 14.4. The molecule has 0 spiro atoms. The van der Waals surface area contributed by atoms with Crippen molar-refractivity contribution in [3.05, 3.63) is 58.6 Å². The highest BCUT2D eigenvalue weighted by molar-refractivity contribution is 8.00. The van der Waals surface area contributed by atoms with E-state index in [9.17, 15) is 19.7 Å². The van der Waals surface area contributed by atoms with Gasteiger partial charge in [0.15, 0.2) is 0 Å². The summed E-state index contributed by atoms with van der Waals surface area (Å²) in [5.74, 6) is -0.310. The van der Waals surface area contributed by atoms with E-state index in [-0.39, 0.29) is 28.1 Å². The van der Waals surface area contributed by atoms with Gasteiger partial charge in [-0.2, -0.15) is 0 Å². The third-order valence-corrected chi connectivity index (χ3v) is 6.77. The minimum Gasteiger partial charge on any atom is -0.465 e. The van der Waals surface area contributed by atoms with E-state index in [0.717, 1.165) is 21.9 Å². The van der Waals surface area contributed by atoms with E-state index in [4.69, 9.17) is 15.2 Å². The molecule has 2 unspecified atom stereocenters. The van der Waals surface area contributed by atoms with E-state index in [1.54, 1.807) is 12.1 Å². The van der Waals surface area contributed by atoms with E-state index in [0.29, 0.717) is 19.6 Å². The highest BCUT2D eigenvalue weighted by Crippen LogP contribution is 2.31. The Hall–Kier alpha value is -2.72. The molecule has 2 aliphatic rings. The molecule has 2 N–H and O–H groups in total. The molecule has 0 aromatic heterocycles. The predicted molar refractivity (Wildman–Crippen MR) is 114 cm³/mol. The predicted octanol–water partition coefficient (Wildman–Crippen LogP) is 3.68. The Kier molecular flexibility index (Phi) is 7.58. The lowest BCUT2D eigenvalue weighted by Gasteiger charge is -2.04. The summed E-state index contributed by atoms with van der Waals surface area (Å²) in [5.41, 5.74) is 6.35. The monoisotopic (exact) mass is 448 g/mol. The average Bonchev–Trinajstić information content (AvgIpc) is 3.33. The molecule has 2 saturated heterocycles. The zero-order valence-corrected chi connectivity index (χ0v) is 17.5. The Morgan fingerprint density at radius 3 is 1.63 bits per heavy atom. The van der Waals surface area contributed by atoms with Gasteiger partial charge >= 0.3 is 11.9 Å². The van der Waals surface area contributed by atoms with Crippen LogP contribution in [-0.4, -0.2) is 40.6 Å². The molecule has 10 heteroatoms. The molecular formula is C20H20N2O6S2. The van der Waals surface area contributed by atoms with Gasteiger partial charge in [0, 0.05) is 40.5 Å². The highest BCUT2D eigenvalue weighted by atomic mass is 32.2. The van der Waals surface area contributed by atoms with Crippen molar-refractivity contribution in [3.8, 4) is 0 Å². The van der Waals surface area contributed by atoms with Crippen LogP contribution < -0.4 is 5.73 Å². The van der Waals surface area contributed by atoms with Gasteiger partial charge in [-0.25, -0.2) is 0 Å². The number of nitrogens with zero attached hydrogens (tertiary/aromatic N) is 1. The second-order valence-electron chi connectivity index (χ2n) is 6.45. The van der Waals surface area contributed by atoms with Crippen LogP contribution in [0.3, 0.4) is 0 Å². The number of ether oxygens (including phenoxy) is 2. The van der Waals surface area contributed by atoms with Crippen molar-refractivity contribution >= 4 is 46.8 Å². The van der Waals surface area contributed by atoms with Crippen LogP contribution >= 0.6 is 23.5 Å². The maximum absolute atomic E-state index is 11.2. The second kappa shape index (κ2) is 10.4. The zero-order valence-electron chi connectivity index (χ0n) is 15.9. The molecule has 0 amide bonds. The number of nitro groups is 1. The van der Waals surface area contributed by atoms with E-state index in [1.165, 1.54) is 35.7 Å². The molecule has 2 fully saturated rings. The Labute approximate surface area is 181 Å². The molecule has 0 bridgehead atoms. The van der Waals surface area contributed by atoms with Crippen LogP contribution in [0.2, 0.25) is 0 Å². The molecule has 2 aromatic carbocycles. The van der Waals surface area contributed by atoms with Gasteiger partial charge in [0.1, 0.15) is 10.5 Å². The van der Waals surface area contributed by atoms with Gasteiger partial charge < -0.3 is 15.2 Å². The SMILES string of the molecule is Nc1ccc(SC2CCOC2=O)cc1.O=C1OCCC1Sc1ccc([N+](=O)[O-])cc1.